The maximum Gasteiger partial charge on any atom is 0.305 e. The van der Waals surface area contributed by atoms with E-state index in [0.717, 1.165) is 17.1 Å². The Kier molecular flexibility index (Phi) is 3.23. The number of ether oxygens (including phenoxy) is 1. The lowest BCUT2D eigenvalue weighted by Gasteiger charge is -2.19. The van der Waals surface area contributed by atoms with Crippen LogP contribution in [0.2, 0.25) is 0 Å². The summed E-state index contributed by atoms with van der Waals surface area (Å²) in [6, 6.07) is 0. The van der Waals surface area contributed by atoms with Crippen molar-refractivity contribution in [3.8, 4) is 0 Å². The van der Waals surface area contributed by atoms with E-state index in [1.54, 1.807) is 0 Å². The fourth-order valence-electron chi connectivity index (χ4n) is 1.84. The van der Waals surface area contributed by atoms with Gasteiger partial charge in [0.1, 0.15) is 11.6 Å². The molecule has 1 aromatic heterocycles. The number of carbonyl (C=O) groups is 1. The SMILES string of the molecule is Cc1nc2c(c(N(C)CCC(=O)O)n1)COC2. The van der Waals surface area contributed by atoms with Crippen molar-refractivity contribution in [2.24, 2.45) is 0 Å². The van der Waals surface area contributed by atoms with E-state index in [4.69, 9.17) is 9.84 Å². The summed E-state index contributed by atoms with van der Waals surface area (Å²) in [5.74, 6) is 0.660. The number of carboxylic acids is 1. The number of fused-ring (bicyclic) bond motifs is 1. The summed E-state index contributed by atoms with van der Waals surface area (Å²) in [5.41, 5.74) is 1.89. The van der Waals surface area contributed by atoms with Crippen molar-refractivity contribution in [2.75, 3.05) is 18.5 Å². The molecule has 2 rings (SSSR count). The van der Waals surface area contributed by atoms with Crippen molar-refractivity contribution in [1.29, 1.82) is 0 Å². The molecule has 92 valence electrons. The van der Waals surface area contributed by atoms with Gasteiger partial charge in [-0.05, 0) is 6.92 Å². The highest BCUT2D eigenvalue weighted by molar-refractivity contribution is 5.67. The maximum absolute atomic E-state index is 10.6. The first-order chi connectivity index (χ1) is 8.08. The minimum Gasteiger partial charge on any atom is -0.481 e. The van der Waals surface area contributed by atoms with E-state index in [9.17, 15) is 4.79 Å². The van der Waals surface area contributed by atoms with Gasteiger partial charge < -0.3 is 14.7 Å². The third-order valence-corrected chi connectivity index (χ3v) is 2.69. The molecule has 0 saturated heterocycles. The summed E-state index contributed by atoms with van der Waals surface area (Å²) in [7, 11) is 1.84. The summed E-state index contributed by atoms with van der Waals surface area (Å²) >= 11 is 0. The van der Waals surface area contributed by atoms with Gasteiger partial charge in [0.2, 0.25) is 0 Å². The van der Waals surface area contributed by atoms with Crippen LogP contribution in [0.25, 0.3) is 0 Å². The molecule has 2 heterocycles. The molecule has 0 unspecified atom stereocenters. The fourth-order valence-corrected chi connectivity index (χ4v) is 1.84. The first-order valence-corrected chi connectivity index (χ1v) is 5.45. The van der Waals surface area contributed by atoms with Crippen LogP contribution >= 0.6 is 0 Å². The molecule has 0 spiro atoms. The molecule has 6 heteroatoms. The van der Waals surface area contributed by atoms with E-state index in [0.29, 0.717) is 25.6 Å². The van der Waals surface area contributed by atoms with Crippen LogP contribution in [-0.2, 0) is 22.7 Å². The van der Waals surface area contributed by atoms with Crippen LogP contribution in [0, 0.1) is 6.92 Å². The number of anilines is 1. The van der Waals surface area contributed by atoms with E-state index < -0.39 is 5.97 Å². The zero-order chi connectivity index (χ0) is 12.4. The molecule has 0 radical (unpaired) electrons. The molecule has 1 aliphatic rings. The molecule has 1 N–H and O–H groups in total. The molecular weight excluding hydrogens is 222 g/mol. The molecule has 0 aliphatic carbocycles. The minimum atomic E-state index is -0.810. The fraction of sp³-hybridized carbons (Fsp3) is 0.545. The third-order valence-electron chi connectivity index (χ3n) is 2.69. The second-order valence-corrected chi connectivity index (χ2v) is 4.08. The van der Waals surface area contributed by atoms with Crippen LogP contribution in [-0.4, -0.2) is 34.6 Å². The lowest BCUT2D eigenvalue weighted by molar-refractivity contribution is -0.136. The molecule has 0 saturated carbocycles. The van der Waals surface area contributed by atoms with Crippen LogP contribution in [0.3, 0.4) is 0 Å². The van der Waals surface area contributed by atoms with E-state index in [2.05, 4.69) is 9.97 Å². The highest BCUT2D eigenvalue weighted by atomic mass is 16.5. The number of aryl methyl sites for hydroxylation is 1. The molecule has 17 heavy (non-hydrogen) atoms. The van der Waals surface area contributed by atoms with Gasteiger partial charge in [0.05, 0.1) is 25.3 Å². The van der Waals surface area contributed by atoms with Crippen molar-refractivity contribution in [1.82, 2.24) is 9.97 Å². The molecular formula is C11H15N3O3. The number of hydrogen-bond donors (Lipinski definition) is 1. The van der Waals surface area contributed by atoms with Crippen molar-refractivity contribution in [3.63, 3.8) is 0 Å². The molecule has 0 atom stereocenters. The Hall–Kier alpha value is -1.69. The quantitative estimate of drug-likeness (QED) is 0.831. The Morgan fingerprint density at radius 2 is 2.24 bits per heavy atom. The van der Waals surface area contributed by atoms with E-state index in [1.165, 1.54) is 0 Å². The number of carboxylic acid groups (broad SMARTS) is 1. The van der Waals surface area contributed by atoms with Crippen molar-refractivity contribution >= 4 is 11.8 Å². The maximum atomic E-state index is 10.6. The third kappa shape index (κ3) is 2.52. The van der Waals surface area contributed by atoms with Gasteiger partial charge in [0, 0.05) is 19.2 Å². The molecule has 0 bridgehead atoms. The Morgan fingerprint density at radius 1 is 1.47 bits per heavy atom. The van der Waals surface area contributed by atoms with E-state index in [1.807, 2.05) is 18.9 Å². The van der Waals surface area contributed by atoms with Crippen molar-refractivity contribution in [2.45, 2.75) is 26.6 Å². The highest BCUT2D eigenvalue weighted by Crippen LogP contribution is 2.26. The van der Waals surface area contributed by atoms with Gasteiger partial charge in [-0.1, -0.05) is 0 Å². The van der Waals surface area contributed by atoms with E-state index in [-0.39, 0.29) is 6.42 Å². The Morgan fingerprint density at radius 3 is 2.94 bits per heavy atom. The number of hydrogen-bond acceptors (Lipinski definition) is 5. The summed E-state index contributed by atoms with van der Waals surface area (Å²) < 4.78 is 5.34. The predicted octanol–water partition coefficient (Wildman–Crippen LogP) is 0.726. The molecule has 0 amide bonds. The monoisotopic (exact) mass is 237 g/mol. The molecule has 0 aromatic carbocycles. The van der Waals surface area contributed by atoms with Crippen LogP contribution in [0.5, 0.6) is 0 Å². The van der Waals surface area contributed by atoms with Gasteiger partial charge in [-0.3, -0.25) is 4.79 Å². The van der Waals surface area contributed by atoms with Crippen LogP contribution in [0.1, 0.15) is 23.5 Å². The van der Waals surface area contributed by atoms with E-state index >= 15 is 0 Å². The first-order valence-electron chi connectivity index (χ1n) is 5.45. The zero-order valence-electron chi connectivity index (χ0n) is 9.93. The summed E-state index contributed by atoms with van der Waals surface area (Å²) in [6.45, 7) is 3.27. The number of nitrogens with zero attached hydrogens (tertiary/aromatic N) is 3. The molecule has 0 fully saturated rings. The van der Waals surface area contributed by atoms with Gasteiger partial charge in [0.25, 0.3) is 0 Å². The zero-order valence-corrected chi connectivity index (χ0v) is 9.93. The summed E-state index contributed by atoms with van der Waals surface area (Å²) in [6.07, 6.45) is 0.0924. The van der Waals surface area contributed by atoms with Crippen LogP contribution in [0.4, 0.5) is 5.82 Å². The van der Waals surface area contributed by atoms with Gasteiger partial charge in [-0.2, -0.15) is 0 Å². The summed E-state index contributed by atoms with van der Waals surface area (Å²) in [4.78, 5) is 21.1. The Bertz CT molecular complexity index is 448. The minimum absolute atomic E-state index is 0.0924. The highest BCUT2D eigenvalue weighted by Gasteiger charge is 2.21. The average Bonchev–Trinajstić information content (AvgIpc) is 2.72. The van der Waals surface area contributed by atoms with Crippen molar-refractivity contribution in [3.05, 3.63) is 17.1 Å². The van der Waals surface area contributed by atoms with Gasteiger partial charge in [0.15, 0.2) is 0 Å². The molecule has 6 nitrogen and oxygen atoms in total. The number of aromatic nitrogens is 2. The van der Waals surface area contributed by atoms with Gasteiger partial charge in [-0.15, -0.1) is 0 Å². The summed E-state index contributed by atoms with van der Waals surface area (Å²) in [5, 5.41) is 8.67. The predicted molar refractivity (Wildman–Crippen MR) is 60.8 cm³/mol. The number of rotatable bonds is 4. The van der Waals surface area contributed by atoms with Gasteiger partial charge in [-0.25, -0.2) is 9.97 Å². The van der Waals surface area contributed by atoms with Gasteiger partial charge >= 0.3 is 5.97 Å². The normalized spacial score (nSPS) is 13.5. The second-order valence-electron chi connectivity index (χ2n) is 4.08. The topological polar surface area (TPSA) is 75.6 Å². The molecule has 1 aliphatic heterocycles. The Labute approximate surface area is 99.2 Å². The average molecular weight is 237 g/mol. The van der Waals surface area contributed by atoms with Crippen LogP contribution < -0.4 is 4.90 Å². The van der Waals surface area contributed by atoms with Crippen LogP contribution in [0.15, 0.2) is 0 Å². The lowest BCUT2D eigenvalue weighted by atomic mass is 10.2. The Balaban J connectivity index is 2.22. The molecule has 1 aromatic rings. The number of aliphatic carboxylic acids is 1. The lowest BCUT2D eigenvalue weighted by Crippen LogP contribution is -2.24. The second kappa shape index (κ2) is 4.67. The first kappa shape index (κ1) is 11.8. The largest absolute Gasteiger partial charge is 0.481 e. The van der Waals surface area contributed by atoms with Crippen molar-refractivity contribution < 1.29 is 14.6 Å². The smallest absolute Gasteiger partial charge is 0.305 e. The standard InChI is InChI=1S/C11H15N3O3/c1-7-12-9-6-17-5-8(9)11(13-7)14(2)4-3-10(15)16/h3-6H2,1-2H3,(H,15,16).